The molecule has 0 aliphatic rings. The number of benzene rings is 1. The fraction of sp³-hybridized carbons (Fsp3) is 0.231. The maximum atomic E-state index is 12.1. The average Bonchev–Trinajstić information content (AvgIpc) is 2.78. The van der Waals surface area contributed by atoms with Gasteiger partial charge in [-0.1, -0.05) is 0 Å². The molecule has 1 aromatic carbocycles. The third-order valence-electron chi connectivity index (χ3n) is 2.84. The molecule has 20 heavy (non-hydrogen) atoms. The first-order valence-electron chi connectivity index (χ1n) is 5.87. The largest absolute Gasteiger partial charge is 0.497 e. The summed E-state index contributed by atoms with van der Waals surface area (Å²) in [5.74, 6) is 1.13. The molecule has 0 radical (unpaired) electrons. The first-order valence-corrected chi connectivity index (χ1v) is 5.87. The Labute approximate surface area is 116 Å². The highest BCUT2D eigenvalue weighted by atomic mass is 16.5. The lowest BCUT2D eigenvalue weighted by Gasteiger charge is -2.09. The molecule has 1 amide bonds. The van der Waals surface area contributed by atoms with E-state index in [9.17, 15) is 4.79 Å². The van der Waals surface area contributed by atoms with Gasteiger partial charge in [0.25, 0.3) is 5.91 Å². The van der Waals surface area contributed by atoms with Crippen molar-refractivity contribution in [3.8, 4) is 11.5 Å². The maximum Gasteiger partial charge on any atom is 0.261 e. The number of rotatable bonds is 4. The van der Waals surface area contributed by atoms with Gasteiger partial charge in [0.2, 0.25) is 0 Å². The molecule has 0 aliphatic heterocycles. The minimum Gasteiger partial charge on any atom is -0.497 e. The van der Waals surface area contributed by atoms with Gasteiger partial charge in [-0.3, -0.25) is 9.48 Å². The number of anilines is 2. The fourth-order valence-electron chi connectivity index (χ4n) is 1.70. The van der Waals surface area contributed by atoms with Crippen LogP contribution < -0.4 is 20.5 Å². The molecule has 0 saturated carbocycles. The molecule has 0 saturated heterocycles. The normalized spacial score (nSPS) is 10.2. The highest BCUT2D eigenvalue weighted by Gasteiger charge is 2.14. The van der Waals surface area contributed by atoms with E-state index < -0.39 is 0 Å². The van der Waals surface area contributed by atoms with E-state index in [1.54, 1.807) is 39.5 Å². The van der Waals surface area contributed by atoms with Crippen LogP contribution in [-0.4, -0.2) is 29.9 Å². The number of aromatic nitrogens is 2. The lowest BCUT2D eigenvalue weighted by molar-refractivity contribution is 0.102. The minimum atomic E-state index is -0.342. The number of nitrogens with two attached hydrogens (primary N) is 1. The second-order valence-corrected chi connectivity index (χ2v) is 4.12. The summed E-state index contributed by atoms with van der Waals surface area (Å²) in [6.07, 6.45) is 1.42. The molecular weight excluding hydrogens is 260 g/mol. The summed E-state index contributed by atoms with van der Waals surface area (Å²) in [4.78, 5) is 12.1. The molecule has 0 aliphatic carbocycles. The number of nitrogen functional groups attached to an aromatic ring is 1. The smallest absolute Gasteiger partial charge is 0.261 e. The number of nitrogens with zero attached hydrogens (tertiary/aromatic N) is 2. The van der Waals surface area contributed by atoms with Gasteiger partial charge in [0.1, 0.15) is 22.9 Å². The van der Waals surface area contributed by atoms with Crippen LogP contribution in [0.3, 0.4) is 0 Å². The molecular formula is C13H16N4O3. The number of methoxy groups -OCH3 is 2. The molecule has 2 rings (SSSR count). The Morgan fingerprint density at radius 2 is 1.85 bits per heavy atom. The average molecular weight is 276 g/mol. The summed E-state index contributed by atoms with van der Waals surface area (Å²) in [5, 5.41) is 6.66. The number of ether oxygens (including phenoxy) is 2. The van der Waals surface area contributed by atoms with Crippen molar-refractivity contribution in [3.63, 3.8) is 0 Å². The van der Waals surface area contributed by atoms with Crippen molar-refractivity contribution < 1.29 is 14.3 Å². The van der Waals surface area contributed by atoms with Gasteiger partial charge in [-0.05, 0) is 0 Å². The standard InChI is InChI=1S/C13H16N4O3/c1-17-12(14)11(7-15-17)13(18)16-8-4-9(19-2)6-10(5-8)20-3/h4-7H,14H2,1-3H3,(H,16,18). The molecule has 106 valence electrons. The van der Waals surface area contributed by atoms with Crippen molar-refractivity contribution in [2.45, 2.75) is 0 Å². The zero-order valence-electron chi connectivity index (χ0n) is 11.5. The van der Waals surface area contributed by atoms with E-state index in [-0.39, 0.29) is 5.91 Å². The molecule has 0 spiro atoms. The fourth-order valence-corrected chi connectivity index (χ4v) is 1.70. The van der Waals surface area contributed by atoms with Crippen molar-refractivity contribution >= 4 is 17.4 Å². The Hall–Kier alpha value is -2.70. The van der Waals surface area contributed by atoms with Crippen LogP contribution in [0.15, 0.2) is 24.4 Å². The predicted molar refractivity (Wildman–Crippen MR) is 75.1 cm³/mol. The van der Waals surface area contributed by atoms with Crippen molar-refractivity contribution in [2.24, 2.45) is 7.05 Å². The minimum absolute atomic E-state index is 0.303. The highest BCUT2D eigenvalue weighted by molar-refractivity contribution is 6.07. The summed E-state index contributed by atoms with van der Waals surface area (Å²) in [7, 11) is 4.75. The maximum absolute atomic E-state index is 12.1. The summed E-state index contributed by atoms with van der Waals surface area (Å²) < 4.78 is 11.7. The Morgan fingerprint density at radius 3 is 2.30 bits per heavy atom. The van der Waals surface area contributed by atoms with Gasteiger partial charge in [-0.2, -0.15) is 5.10 Å². The zero-order valence-corrected chi connectivity index (χ0v) is 11.5. The quantitative estimate of drug-likeness (QED) is 0.877. The van der Waals surface area contributed by atoms with E-state index in [1.807, 2.05) is 0 Å². The van der Waals surface area contributed by atoms with E-state index in [0.717, 1.165) is 0 Å². The molecule has 0 fully saturated rings. The molecule has 0 atom stereocenters. The predicted octanol–water partition coefficient (Wildman–Crippen LogP) is 1.27. The molecule has 3 N–H and O–H groups in total. The number of amides is 1. The molecule has 7 nitrogen and oxygen atoms in total. The Bertz CT molecular complexity index is 614. The van der Waals surface area contributed by atoms with E-state index in [1.165, 1.54) is 10.9 Å². The van der Waals surface area contributed by atoms with Gasteiger partial charge >= 0.3 is 0 Å². The van der Waals surface area contributed by atoms with Crippen LogP contribution >= 0.6 is 0 Å². The number of carbonyl (C=O) groups is 1. The molecule has 0 unspecified atom stereocenters. The summed E-state index contributed by atoms with van der Waals surface area (Å²) >= 11 is 0. The van der Waals surface area contributed by atoms with Crippen LogP contribution in [0.1, 0.15) is 10.4 Å². The van der Waals surface area contributed by atoms with Gasteiger partial charge in [0.15, 0.2) is 0 Å². The van der Waals surface area contributed by atoms with Crippen LogP contribution in [0, 0.1) is 0 Å². The van der Waals surface area contributed by atoms with Gasteiger partial charge < -0.3 is 20.5 Å². The summed E-state index contributed by atoms with van der Waals surface area (Å²) in [5.41, 5.74) is 6.62. The van der Waals surface area contributed by atoms with Gasteiger partial charge in [0, 0.05) is 30.9 Å². The number of aryl methyl sites for hydroxylation is 1. The first kappa shape index (κ1) is 13.7. The number of nitrogens with one attached hydrogen (secondary N) is 1. The number of carbonyl (C=O) groups excluding carboxylic acids is 1. The van der Waals surface area contributed by atoms with Gasteiger partial charge in [-0.25, -0.2) is 0 Å². The monoisotopic (exact) mass is 276 g/mol. The second kappa shape index (κ2) is 5.52. The third-order valence-corrected chi connectivity index (χ3v) is 2.84. The van der Waals surface area contributed by atoms with Crippen LogP contribution in [0.25, 0.3) is 0 Å². The molecule has 1 heterocycles. The zero-order chi connectivity index (χ0) is 14.7. The van der Waals surface area contributed by atoms with Crippen LogP contribution in [0.2, 0.25) is 0 Å². The molecule has 2 aromatic rings. The second-order valence-electron chi connectivity index (χ2n) is 4.12. The molecule has 7 heteroatoms. The lowest BCUT2D eigenvalue weighted by atomic mass is 10.2. The van der Waals surface area contributed by atoms with Crippen LogP contribution in [-0.2, 0) is 7.05 Å². The number of hydrogen-bond acceptors (Lipinski definition) is 5. The topological polar surface area (TPSA) is 91.4 Å². The van der Waals surface area contributed by atoms with Crippen molar-refractivity contribution in [1.82, 2.24) is 9.78 Å². The van der Waals surface area contributed by atoms with E-state index >= 15 is 0 Å². The van der Waals surface area contributed by atoms with Crippen LogP contribution in [0.5, 0.6) is 11.5 Å². The highest BCUT2D eigenvalue weighted by Crippen LogP contribution is 2.26. The van der Waals surface area contributed by atoms with E-state index in [4.69, 9.17) is 15.2 Å². The van der Waals surface area contributed by atoms with E-state index in [0.29, 0.717) is 28.6 Å². The van der Waals surface area contributed by atoms with Gasteiger partial charge in [-0.15, -0.1) is 0 Å². The summed E-state index contributed by atoms with van der Waals surface area (Å²) in [6.45, 7) is 0. The summed E-state index contributed by atoms with van der Waals surface area (Å²) in [6, 6.07) is 5.09. The Morgan fingerprint density at radius 1 is 1.25 bits per heavy atom. The Balaban J connectivity index is 2.25. The van der Waals surface area contributed by atoms with Crippen molar-refractivity contribution in [2.75, 3.05) is 25.3 Å². The van der Waals surface area contributed by atoms with E-state index in [2.05, 4.69) is 10.4 Å². The molecule has 1 aromatic heterocycles. The van der Waals surface area contributed by atoms with Crippen molar-refractivity contribution in [3.05, 3.63) is 30.0 Å². The lowest BCUT2D eigenvalue weighted by Crippen LogP contribution is -2.14. The van der Waals surface area contributed by atoms with Crippen molar-refractivity contribution in [1.29, 1.82) is 0 Å². The van der Waals surface area contributed by atoms with Crippen LogP contribution in [0.4, 0.5) is 11.5 Å². The first-order chi connectivity index (χ1) is 9.55. The molecule has 0 bridgehead atoms. The third kappa shape index (κ3) is 2.66. The Kier molecular flexibility index (Phi) is 3.79. The number of hydrogen-bond donors (Lipinski definition) is 2. The van der Waals surface area contributed by atoms with Gasteiger partial charge in [0.05, 0.1) is 20.4 Å². The SMILES string of the molecule is COc1cc(NC(=O)c2cnn(C)c2N)cc(OC)c1.